The zero-order valence-electron chi connectivity index (χ0n) is 7.44. The fraction of sp³-hybridized carbons (Fsp3) is 0.222. The highest BCUT2D eigenvalue weighted by Gasteiger charge is 2.09. The van der Waals surface area contributed by atoms with E-state index in [9.17, 15) is 9.18 Å². The van der Waals surface area contributed by atoms with Crippen molar-refractivity contribution in [3.63, 3.8) is 0 Å². The Morgan fingerprint density at radius 2 is 2.00 bits per heavy atom. The number of hydrogen-bond donors (Lipinski definition) is 2. The first-order chi connectivity index (χ1) is 6.59. The fourth-order valence-electron chi connectivity index (χ4n) is 0.799. The number of rotatable bonds is 4. The summed E-state index contributed by atoms with van der Waals surface area (Å²) in [6.07, 6.45) is 0. The van der Waals surface area contributed by atoms with Gasteiger partial charge in [-0.2, -0.15) is 0 Å². The van der Waals surface area contributed by atoms with Gasteiger partial charge in [0.05, 0.1) is 0 Å². The maximum atomic E-state index is 12.5. The molecule has 1 aromatic rings. The number of carbonyl (C=O) groups excluding carboxylic acids is 1. The lowest BCUT2D eigenvalue weighted by atomic mass is 10.3. The smallest absolute Gasteiger partial charge is 0.237 e. The maximum absolute atomic E-state index is 12.5. The molecule has 76 valence electrons. The third-order valence-corrected chi connectivity index (χ3v) is 1.61. The van der Waals surface area contributed by atoms with E-state index in [4.69, 9.17) is 16.2 Å². The molecule has 1 atom stereocenters. The Bertz CT molecular complexity index is 313. The Labute approximate surface area is 80.6 Å². The van der Waals surface area contributed by atoms with E-state index in [1.165, 1.54) is 24.3 Å². The van der Waals surface area contributed by atoms with E-state index >= 15 is 0 Å². The van der Waals surface area contributed by atoms with Crippen LogP contribution >= 0.6 is 0 Å². The molecule has 0 spiro atoms. The van der Waals surface area contributed by atoms with Crippen LogP contribution in [0.5, 0.6) is 5.75 Å². The molecule has 0 fully saturated rings. The molecule has 0 saturated heterocycles. The van der Waals surface area contributed by atoms with Crippen LogP contribution in [0.1, 0.15) is 0 Å². The number of nitrogens with two attached hydrogens (primary N) is 2. The second-order valence-electron chi connectivity index (χ2n) is 2.77. The molecular formula is C9H11FN2O2. The normalized spacial score (nSPS) is 12.1. The van der Waals surface area contributed by atoms with Gasteiger partial charge in [0.15, 0.2) is 0 Å². The average Bonchev–Trinajstić information content (AvgIpc) is 2.16. The molecule has 0 radical (unpaired) electrons. The number of primary amides is 1. The minimum absolute atomic E-state index is 0.0129. The van der Waals surface area contributed by atoms with Crippen LogP contribution in [0.2, 0.25) is 0 Å². The lowest BCUT2D eigenvalue weighted by Gasteiger charge is -2.09. The van der Waals surface area contributed by atoms with Gasteiger partial charge in [0.2, 0.25) is 5.91 Å². The Hall–Kier alpha value is -1.62. The molecule has 0 heterocycles. The van der Waals surface area contributed by atoms with Crippen LogP contribution in [-0.2, 0) is 4.79 Å². The summed E-state index contributed by atoms with van der Waals surface area (Å²) in [4.78, 5) is 10.5. The Morgan fingerprint density at radius 3 is 2.50 bits per heavy atom. The van der Waals surface area contributed by atoms with Gasteiger partial charge >= 0.3 is 0 Å². The van der Waals surface area contributed by atoms with Crippen LogP contribution in [0.25, 0.3) is 0 Å². The Kier molecular flexibility index (Phi) is 3.41. The standard InChI is InChI=1S/C9H11FN2O2/c10-6-1-3-7(4-2-6)14-5-8(11)9(12)13/h1-4,8H,5,11H2,(H2,12,13). The van der Waals surface area contributed by atoms with Crippen molar-refractivity contribution in [3.8, 4) is 5.75 Å². The van der Waals surface area contributed by atoms with Gasteiger partial charge in [-0.05, 0) is 24.3 Å². The number of amides is 1. The van der Waals surface area contributed by atoms with Crippen molar-refractivity contribution in [3.05, 3.63) is 30.1 Å². The second-order valence-corrected chi connectivity index (χ2v) is 2.77. The molecule has 0 bridgehead atoms. The number of carbonyl (C=O) groups is 1. The van der Waals surface area contributed by atoms with Crippen LogP contribution in [0.15, 0.2) is 24.3 Å². The molecule has 0 saturated carbocycles. The highest BCUT2D eigenvalue weighted by Crippen LogP contribution is 2.10. The number of benzene rings is 1. The fourth-order valence-corrected chi connectivity index (χ4v) is 0.799. The summed E-state index contributed by atoms with van der Waals surface area (Å²) in [5, 5.41) is 0. The van der Waals surface area contributed by atoms with Crippen molar-refractivity contribution < 1.29 is 13.9 Å². The predicted molar refractivity (Wildman–Crippen MR) is 49.1 cm³/mol. The number of ether oxygens (including phenoxy) is 1. The Morgan fingerprint density at radius 1 is 1.43 bits per heavy atom. The number of hydrogen-bond acceptors (Lipinski definition) is 3. The molecule has 0 aromatic heterocycles. The van der Waals surface area contributed by atoms with Crippen molar-refractivity contribution in [1.29, 1.82) is 0 Å². The monoisotopic (exact) mass is 198 g/mol. The summed E-state index contributed by atoms with van der Waals surface area (Å²) >= 11 is 0. The predicted octanol–water partition coefficient (Wildman–Crippen LogP) is 0.0171. The third-order valence-electron chi connectivity index (χ3n) is 1.61. The van der Waals surface area contributed by atoms with Crippen molar-refractivity contribution >= 4 is 5.91 Å². The topological polar surface area (TPSA) is 78.3 Å². The van der Waals surface area contributed by atoms with E-state index in [1.54, 1.807) is 0 Å². The summed E-state index contributed by atoms with van der Waals surface area (Å²) in [6.45, 7) is -0.0129. The first kappa shape index (κ1) is 10.5. The van der Waals surface area contributed by atoms with Crippen LogP contribution in [-0.4, -0.2) is 18.6 Å². The van der Waals surface area contributed by atoms with E-state index in [0.29, 0.717) is 5.75 Å². The van der Waals surface area contributed by atoms with Gasteiger partial charge in [-0.15, -0.1) is 0 Å². The van der Waals surface area contributed by atoms with E-state index in [0.717, 1.165) is 0 Å². The molecule has 1 rings (SSSR count). The molecule has 0 aliphatic carbocycles. The minimum atomic E-state index is -0.847. The van der Waals surface area contributed by atoms with E-state index < -0.39 is 11.9 Å². The molecule has 1 aromatic carbocycles. The summed E-state index contributed by atoms with van der Waals surface area (Å²) in [5.41, 5.74) is 10.2. The van der Waals surface area contributed by atoms with Gasteiger partial charge in [0.1, 0.15) is 24.2 Å². The molecule has 1 unspecified atom stereocenters. The largest absolute Gasteiger partial charge is 0.491 e. The third kappa shape index (κ3) is 3.02. The zero-order chi connectivity index (χ0) is 10.6. The molecule has 4 nitrogen and oxygen atoms in total. The van der Waals surface area contributed by atoms with Gasteiger partial charge in [-0.25, -0.2) is 4.39 Å². The second kappa shape index (κ2) is 4.57. The van der Waals surface area contributed by atoms with Crippen molar-refractivity contribution in [2.24, 2.45) is 11.5 Å². The quantitative estimate of drug-likeness (QED) is 0.715. The van der Waals surface area contributed by atoms with Gasteiger partial charge in [-0.3, -0.25) is 4.79 Å². The molecule has 14 heavy (non-hydrogen) atoms. The van der Waals surface area contributed by atoms with E-state index in [1.807, 2.05) is 0 Å². The minimum Gasteiger partial charge on any atom is -0.491 e. The Balaban J connectivity index is 2.46. The van der Waals surface area contributed by atoms with Crippen LogP contribution in [0, 0.1) is 5.82 Å². The lowest BCUT2D eigenvalue weighted by Crippen LogP contribution is -2.41. The van der Waals surface area contributed by atoms with Crippen molar-refractivity contribution in [2.75, 3.05) is 6.61 Å². The summed E-state index contributed by atoms with van der Waals surface area (Å²) in [6, 6.07) is 4.56. The van der Waals surface area contributed by atoms with Gasteiger partial charge in [-0.1, -0.05) is 0 Å². The van der Waals surface area contributed by atoms with Gasteiger partial charge < -0.3 is 16.2 Å². The lowest BCUT2D eigenvalue weighted by molar-refractivity contribution is -0.119. The molecule has 5 heteroatoms. The average molecular weight is 198 g/mol. The van der Waals surface area contributed by atoms with Crippen molar-refractivity contribution in [2.45, 2.75) is 6.04 Å². The SMILES string of the molecule is NC(=O)C(N)COc1ccc(F)cc1. The first-order valence-corrected chi connectivity index (χ1v) is 4.03. The van der Waals surface area contributed by atoms with Crippen molar-refractivity contribution in [1.82, 2.24) is 0 Å². The molecule has 0 aliphatic heterocycles. The molecule has 0 aliphatic rings. The summed E-state index contributed by atoms with van der Waals surface area (Å²) in [7, 11) is 0. The van der Waals surface area contributed by atoms with Crippen LogP contribution in [0.4, 0.5) is 4.39 Å². The molecular weight excluding hydrogens is 187 g/mol. The highest BCUT2D eigenvalue weighted by atomic mass is 19.1. The van der Waals surface area contributed by atoms with E-state index in [2.05, 4.69) is 0 Å². The van der Waals surface area contributed by atoms with Crippen LogP contribution in [0.3, 0.4) is 0 Å². The number of halogens is 1. The summed E-state index contributed by atoms with van der Waals surface area (Å²) < 4.78 is 17.6. The van der Waals surface area contributed by atoms with E-state index in [-0.39, 0.29) is 12.4 Å². The maximum Gasteiger partial charge on any atom is 0.237 e. The van der Waals surface area contributed by atoms with Crippen LogP contribution < -0.4 is 16.2 Å². The zero-order valence-corrected chi connectivity index (χ0v) is 7.44. The summed E-state index contributed by atoms with van der Waals surface area (Å²) in [5.74, 6) is -0.535. The molecule has 1 amide bonds. The highest BCUT2D eigenvalue weighted by molar-refractivity contribution is 5.79. The molecule has 4 N–H and O–H groups in total. The van der Waals surface area contributed by atoms with Gasteiger partial charge in [0, 0.05) is 0 Å². The first-order valence-electron chi connectivity index (χ1n) is 4.03. The van der Waals surface area contributed by atoms with Gasteiger partial charge in [0.25, 0.3) is 0 Å².